The normalized spacial score (nSPS) is 10.4. The van der Waals surface area contributed by atoms with Crippen molar-refractivity contribution in [3.8, 4) is 5.82 Å². The number of aromatic carboxylic acids is 1. The fourth-order valence-corrected chi connectivity index (χ4v) is 1.11. The summed E-state index contributed by atoms with van der Waals surface area (Å²) in [6, 6.07) is 0. The molecule has 2 heterocycles. The molecule has 0 aromatic carbocycles. The predicted octanol–water partition coefficient (Wildman–Crippen LogP) is -0.906. The van der Waals surface area contributed by atoms with Crippen LogP contribution in [0, 0.1) is 0 Å². The van der Waals surface area contributed by atoms with Crippen LogP contribution in [-0.2, 0) is 7.05 Å². The van der Waals surface area contributed by atoms with Gasteiger partial charge in [-0.3, -0.25) is 4.68 Å². The van der Waals surface area contributed by atoms with Crippen LogP contribution in [0.5, 0.6) is 0 Å². The number of carboxylic acid groups (broad SMARTS) is 1. The minimum absolute atomic E-state index is 0.0554. The maximum Gasteiger partial charge on any atom is 0.341 e. The van der Waals surface area contributed by atoms with Gasteiger partial charge in [0, 0.05) is 7.05 Å². The van der Waals surface area contributed by atoms with Gasteiger partial charge in [0.1, 0.15) is 11.9 Å². The summed E-state index contributed by atoms with van der Waals surface area (Å²) >= 11 is 0. The number of carbonyl (C=O) groups is 1. The number of carboxylic acids is 1. The third kappa shape index (κ3) is 1.13. The number of aryl methyl sites for hydroxylation is 1. The summed E-state index contributed by atoms with van der Waals surface area (Å²) in [5.74, 6) is -0.744. The van der Waals surface area contributed by atoms with Gasteiger partial charge in [-0.15, -0.1) is 5.10 Å². The van der Waals surface area contributed by atoms with E-state index >= 15 is 0 Å². The average molecular weight is 194 g/mol. The lowest BCUT2D eigenvalue weighted by atomic mass is 10.3. The first-order chi connectivity index (χ1) is 6.70. The van der Waals surface area contributed by atoms with Crippen molar-refractivity contribution >= 4 is 5.97 Å². The smallest absolute Gasteiger partial charge is 0.341 e. The van der Waals surface area contributed by atoms with Gasteiger partial charge < -0.3 is 5.11 Å². The number of hydrogen-bond acceptors (Lipinski definition) is 5. The molecule has 0 unspecified atom stereocenters. The molecule has 8 heteroatoms. The summed E-state index contributed by atoms with van der Waals surface area (Å²) < 4.78 is 2.64. The van der Waals surface area contributed by atoms with E-state index in [9.17, 15) is 4.79 Å². The molecule has 0 aliphatic heterocycles. The largest absolute Gasteiger partial charge is 0.477 e. The summed E-state index contributed by atoms with van der Waals surface area (Å²) in [4.78, 5) is 10.8. The van der Waals surface area contributed by atoms with Crippen LogP contribution in [0.4, 0.5) is 0 Å². The molecule has 0 saturated carbocycles. The highest BCUT2D eigenvalue weighted by Gasteiger charge is 2.17. The Kier molecular flexibility index (Phi) is 1.73. The van der Waals surface area contributed by atoms with E-state index in [1.807, 2.05) is 0 Å². The van der Waals surface area contributed by atoms with Crippen molar-refractivity contribution < 1.29 is 9.90 Å². The standard InChI is InChI=1S/C6H6N6O2/c1-11-5(12-3-7-9-10-12)4(2-8-11)6(13)14/h2-3H,1H3,(H,13,14). The Bertz CT molecular complexity index is 459. The molecule has 2 aromatic heterocycles. The first kappa shape index (κ1) is 8.35. The Hall–Kier alpha value is -2.25. The van der Waals surface area contributed by atoms with E-state index in [1.165, 1.54) is 21.9 Å². The van der Waals surface area contributed by atoms with E-state index in [0.29, 0.717) is 5.82 Å². The fourth-order valence-electron chi connectivity index (χ4n) is 1.11. The highest BCUT2D eigenvalue weighted by molar-refractivity contribution is 5.90. The average Bonchev–Trinajstić information content (AvgIpc) is 2.71. The van der Waals surface area contributed by atoms with Gasteiger partial charge in [0.05, 0.1) is 6.20 Å². The topological polar surface area (TPSA) is 98.7 Å². The fraction of sp³-hybridized carbons (Fsp3) is 0.167. The minimum atomic E-state index is -1.07. The van der Waals surface area contributed by atoms with E-state index in [4.69, 9.17) is 5.11 Å². The molecule has 0 bridgehead atoms. The van der Waals surface area contributed by atoms with Crippen molar-refractivity contribution in [3.63, 3.8) is 0 Å². The van der Waals surface area contributed by atoms with E-state index in [-0.39, 0.29) is 5.56 Å². The quantitative estimate of drug-likeness (QED) is 0.664. The second kappa shape index (κ2) is 2.91. The van der Waals surface area contributed by atoms with Gasteiger partial charge in [0.25, 0.3) is 0 Å². The molecular weight excluding hydrogens is 188 g/mol. The van der Waals surface area contributed by atoms with Gasteiger partial charge >= 0.3 is 5.97 Å². The Morgan fingerprint density at radius 2 is 2.36 bits per heavy atom. The Labute approximate surface area is 77.8 Å². The molecule has 0 aliphatic rings. The van der Waals surface area contributed by atoms with Gasteiger partial charge in [-0.25, -0.2) is 4.79 Å². The van der Waals surface area contributed by atoms with E-state index in [0.717, 1.165) is 0 Å². The Morgan fingerprint density at radius 3 is 2.93 bits per heavy atom. The van der Waals surface area contributed by atoms with Crippen molar-refractivity contribution in [2.45, 2.75) is 0 Å². The minimum Gasteiger partial charge on any atom is -0.477 e. The van der Waals surface area contributed by atoms with E-state index in [1.54, 1.807) is 7.05 Å². The molecule has 8 nitrogen and oxygen atoms in total. The molecular formula is C6H6N6O2. The van der Waals surface area contributed by atoms with Crippen LogP contribution >= 0.6 is 0 Å². The number of rotatable bonds is 2. The van der Waals surface area contributed by atoms with Crippen molar-refractivity contribution in [1.29, 1.82) is 0 Å². The van der Waals surface area contributed by atoms with Crippen LogP contribution in [0.25, 0.3) is 5.82 Å². The number of aromatic nitrogens is 6. The van der Waals surface area contributed by atoms with Crippen LogP contribution in [0.2, 0.25) is 0 Å². The molecule has 14 heavy (non-hydrogen) atoms. The monoisotopic (exact) mass is 194 g/mol. The maximum atomic E-state index is 10.8. The van der Waals surface area contributed by atoms with Crippen molar-refractivity contribution in [2.75, 3.05) is 0 Å². The number of hydrogen-bond donors (Lipinski definition) is 1. The summed E-state index contributed by atoms with van der Waals surface area (Å²) in [5, 5.41) is 23.1. The molecule has 0 atom stereocenters. The zero-order valence-electron chi connectivity index (χ0n) is 7.19. The second-order valence-electron chi connectivity index (χ2n) is 2.57. The Morgan fingerprint density at radius 1 is 1.57 bits per heavy atom. The van der Waals surface area contributed by atoms with Crippen molar-refractivity contribution in [1.82, 2.24) is 30.0 Å². The van der Waals surface area contributed by atoms with E-state index in [2.05, 4.69) is 20.6 Å². The van der Waals surface area contributed by atoms with Crippen LogP contribution in [0.15, 0.2) is 12.5 Å². The molecule has 1 N–H and O–H groups in total. The molecule has 72 valence electrons. The van der Waals surface area contributed by atoms with Crippen molar-refractivity contribution in [2.24, 2.45) is 7.05 Å². The third-order valence-electron chi connectivity index (χ3n) is 1.70. The lowest BCUT2D eigenvalue weighted by molar-refractivity contribution is 0.0696. The molecule has 2 aromatic rings. The summed E-state index contributed by atoms with van der Waals surface area (Å²) in [6.45, 7) is 0. The molecule has 0 radical (unpaired) electrons. The predicted molar refractivity (Wildman–Crippen MR) is 42.9 cm³/mol. The first-order valence-electron chi connectivity index (χ1n) is 3.69. The van der Waals surface area contributed by atoms with Crippen molar-refractivity contribution in [3.05, 3.63) is 18.1 Å². The zero-order chi connectivity index (χ0) is 10.1. The van der Waals surface area contributed by atoms with E-state index < -0.39 is 5.97 Å². The lowest BCUT2D eigenvalue weighted by Gasteiger charge is -2.00. The molecule has 2 rings (SSSR count). The van der Waals surface area contributed by atoms with Gasteiger partial charge in [-0.2, -0.15) is 9.78 Å². The lowest BCUT2D eigenvalue weighted by Crippen LogP contribution is -2.08. The van der Waals surface area contributed by atoms with Crippen LogP contribution < -0.4 is 0 Å². The number of tetrazole rings is 1. The second-order valence-corrected chi connectivity index (χ2v) is 2.57. The Balaban J connectivity index is 2.62. The van der Waals surface area contributed by atoms with Crippen LogP contribution in [0.3, 0.4) is 0 Å². The highest BCUT2D eigenvalue weighted by Crippen LogP contribution is 2.10. The SMILES string of the molecule is Cn1ncc(C(=O)O)c1-n1cnnn1. The molecule has 0 amide bonds. The van der Waals surface area contributed by atoms with Gasteiger partial charge in [0.2, 0.25) is 0 Å². The summed E-state index contributed by atoms with van der Waals surface area (Å²) in [6.07, 6.45) is 2.56. The maximum absolute atomic E-state index is 10.8. The molecule has 0 fully saturated rings. The highest BCUT2D eigenvalue weighted by atomic mass is 16.4. The van der Waals surface area contributed by atoms with Gasteiger partial charge in [0.15, 0.2) is 5.82 Å². The summed E-state index contributed by atoms with van der Waals surface area (Å²) in [7, 11) is 1.61. The summed E-state index contributed by atoms with van der Waals surface area (Å²) in [5.41, 5.74) is 0.0554. The number of nitrogens with zero attached hydrogens (tertiary/aromatic N) is 6. The molecule has 0 aliphatic carbocycles. The van der Waals surface area contributed by atoms with Crippen LogP contribution in [-0.4, -0.2) is 41.1 Å². The molecule has 0 spiro atoms. The van der Waals surface area contributed by atoms with Crippen LogP contribution in [0.1, 0.15) is 10.4 Å². The first-order valence-corrected chi connectivity index (χ1v) is 3.69. The van der Waals surface area contributed by atoms with Gasteiger partial charge in [-0.05, 0) is 10.4 Å². The van der Waals surface area contributed by atoms with Gasteiger partial charge in [-0.1, -0.05) is 0 Å². The zero-order valence-corrected chi connectivity index (χ0v) is 7.19. The third-order valence-corrected chi connectivity index (χ3v) is 1.70. The molecule has 0 saturated heterocycles.